The van der Waals surface area contributed by atoms with Gasteiger partial charge in [0.1, 0.15) is 5.75 Å². The topological polar surface area (TPSA) is 103 Å². The van der Waals surface area contributed by atoms with E-state index in [1.807, 2.05) is 37.3 Å². The summed E-state index contributed by atoms with van der Waals surface area (Å²) in [4.78, 5) is 16.5. The van der Waals surface area contributed by atoms with E-state index >= 15 is 0 Å². The van der Waals surface area contributed by atoms with Crippen molar-refractivity contribution in [2.45, 2.75) is 26.5 Å². The predicted octanol–water partition coefficient (Wildman–Crippen LogP) is 3.65. The molecule has 0 aliphatic rings. The van der Waals surface area contributed by atoms with E-state index in [4.69, 9.17) is 15.0 Å². The minimum absolute atomic E-state index is 0. The van der Waals surface area contributed by atoms with Crippen molar-refractivity contribution in [3.8, 4) is 5.75 Å². The number of aryl methyl sites for hydroxylation is 1. The van der Waals surface area contributed by atoms with Gasteiger partial charge in [0.05, 0.1) is 5.92 Å². The third kappa shape index (κ3) is 5.55. The molecule has 8 heteroatoms. The van der Waals surface area contributed by atoms with Crippen LogP contribution in [-0.2, 0) is 11.4 Å². The fraction of sp³-hybridized carbons (Fsp3) is 0.250. The van der Waals surface area contributed by atoms with Crippen LogP contribution in [0.25, 0.3) is 0 Å². The van der Waals surface area contributed by atoms with E-state index in [2.05, 4.69) is 15.5 Å². The van der Waals surface area contributed by atoms with Gasteiger partial charge in [-0.05, 0) is 29.8 Å². The summed E-state index contributed by atoms with van der Waals surface area (Å²) < 4.78 is 10.5. The molecule has 7 nitrogen and oxygen atoms in total. The number of rotatable bonds is 7. The minimum atomic E-state index is -0.371. The molecule has 0 saturated carbocycles. The predicted molar refractivity (Wildman–Crippen MR) is 108 cm³/mol. The second kappa shape index (κ2) is 9.87. The summed E-state index contributed by atoms with van der Waals surface area (Å²) in [6.07, 6.45) is 0. The fourth-order valence-electron chi connectivity index (χ4n) is 2.57. The third-order valence-electron chi connectivity index (χ3n) is 4.20. The molecule has 1 amide bonds. The summed E-state index contributed by atoms with van der Waals surface area (Å²) >= 11 is 0. The van der Waals surface area contributed by atoms with Crippen molar-refractivity contribution in [1.82, 2.24) is 10.1 Å². The molecule has 0 spiro atoms. The number of halogens is 1. The molecule has 1 heterocycles. The standard InChI is InChI=1S/C20H22N4O3.ClH/c1-13(19(21)15-6-4-3-5-7-15)20(25)23-16-8-10-17(11-9-16)26-12-18-22-14(2)27-24-18;/h3-11,13,19H,12,21H2,1-2H3,(H,23,25);1H. The largest absolute Gasteiger partial charge is 0.485 e. The van der Waals surface area contributed by atoms with E-state index in [1.165, 1.54) is 0 Å². The number of nitrogens with zero attached hydrogens (tertiary/aromatic N) is 2. The molecule has 3 rings (SSSR count). The normalized spacial score (nSPS) is 12.5. The number of ether oxygens (including phenoxy) is 1. The van der Waals surface area contributed by atoms with Gasteiger partial charge in [-0.1, -0.05) is 42.4 Å². The van der Waals surface area contributed by atoms with Gasteiger partial charge >= 0.3 is 0 Å². The molecule has 2 aromatic carbocycles. The Hall–Kier alpha value is -2.90. The summed E-state index contributed by atoms with van der Waals surface area (Å²) in [6, 6.07) is 16.3. The average molecular weight is 403 g/mol. The van der Waals surface area contributed by atoms with Crippen LogP contribution in [0.4, 0.5) is 5.69 Å². The van der Waals surface area contributed by atoms with E-state index in [-0.39, 0.29) is 36.9 Å². The van der Waals surface area contributed by atoms with Gasteiger partial charge in [-0.2, -0.15) is 4.98 Å². The van der Waals surface area contributed by atoms with Crippen LogP contribution >= 0.6 is 12.4 Å². The van der Waals surface area contributed by atoms with Crippen molar-refractivity contribution in [2.75, 3.05) is 5.32 Å². The SMILES string of the molecule is Cc1nc(COc2ccc(NC(=O)C(C)C(N)c3ccccc3)cc2)no1.Cl. The minimum Gasteiger partial charge on any atom is -0.485 e. The number of carbonyl (C=O) groups is 1. The maximum Gasteiger partial charge on any atom is 0.229 e. The molecule has 148 valence electrons. The van der Waals surface area contributed by atoms with Crippen LogP contribution in [0.15, 0.2) is 59.1 Å². The molecule has 0 bridgehead atoms. The molecule has 28 heavy (non-hydrogen) atoms. The van der Waals surface area contributed by atoms with Gasteiger partial charge in [-0.25, -0.2) is 0 Å². The summed E-state index contributed by atoms with van der Waals surface area (Å²) in [5.74, 6) is 1.11. The molecule has 0 radical (unpaired) electrons. The number of amides is 1. The number of nitrogens with one attached hydrogen (secondary N) is 1. The van der Waals surface area contributed by atoms with Crippen LogP contribution in [0.1, 0.15) is 30.2 Å². The van der Waals surface area contributed by atoms with Crippen LogP contribution in [0, 0.1) is 12.8 Å². The Balaban J connectivity index is 0.00000280. The Morgan fingerprint density at radius 2 is 1.86 bits per heavy atom. The Bertz CT molecular complexity index is 884. The van der Waals surface area contributed by atoms with Gasteiger partial charge in [-0.3, -0.25) is 4.79 Å². The third-order valence-corrected chi connectivity index (χ3v) is 4.20. The lowest BCUT2D eigenvalue weighted by atomic mass is 9.94. The Morgan fingerprint density at radius 3 is 2.46 bits per heavy atom. The quantitative estimate of drug-likeness (QED) is 0.625. The molecule has 0 aliphatic heterocycles. The molecule has 0 aliphatic carbocycles. The smallest absolute Gasteiger partial charge is 0.229 e. The zero-order valence-electron chi connectivity index (χ0n) is 15.7. The molecule has 2 atom stereocenters. The maximum atomic E-state index is 12.5. The van der Waals surface area contributed by atoms with Crippen molar-refractivity contribution < 1.29 is 14.1 Å². The van der Waals surface area contributed by atoms with E-state index in [0.29, 0.717) is 23.2 Å². The lowest BCUT2D eigenvalue weighted by molar-refractivity contribution is -0.120. The molecular formula is C20H23ClN4O3. The number of nitrogens with two attached hydrogens (primary N) is 1. The van der Waals surface area contributed by atoms with E-state index in [9.17, 15) is 4.79 Å². The highest BCUT2D eigenvalue weighted by Crippen LogP contribution is 2.22. The zero-order chi connectivity index (χ0) is 19.2. The number of carbonyl (C=O) groups excluding carboxylic acids is 1. The first kappa shape index (κ1) is 21.4. The van der Waals surface area contributed by atoms with Crippen LogP contribution < -0.4 is 15.8 Å². The first-order chi connectivity index (χ1) is 13.0. The lowest BCUT2D eigenvalue weighted by Gasteiger charge is -2.20. The average Bonchev–Trinajstić information content (AvgIpc) is 3.12. The molecule has 2 unspecified atom stereocenters. The van der Waals surface area contributed by atoms with Gasteiger partial charge in [0, 0.05) is 18.7 Å². The van der Waals surface area contributed by atoms with Crippen LogP contribution in [0.2, 0.25) is 0 Å². The Kier molecular flexibility index (Phi) is 7.54. The van der Waals surface area contributed by atoms with Gasteiger partial charge in [0.15, 0.2) is 6.61 Å². The van der Waals surface area contributed by atoms with Crippen molar-refractivity contribution in [1.29, 1.82) is 0 Å². The van der Waals surface area contributed by atoms with Crippen molar-refractivity contribution in [3.63, 3.8) is 0 Å². The van der Waals surface area contributed by atoms with E-state index in [1.54, 1.807) is 31.2 Å². The first-order valence-electron chi connectivity index (χ1n) is 8.66. The number of anilines is 1. The lowest BCUT2D eigenvalue weighted by Crippen LogP contribution is -2.30. The van der Waals surface area contributed by atoms with Gasteiger partial charge in [0.25, 0.3) is 0 Å². The zero-order valence-corrected chi connectivity index (χ0v) is 16.5. The van der Waals surface area contributed by atoms with Gasteiger partial charge in [0.2, 0.25) is 17.6 Å². The number of benzene rings is 2. The molecule has 3 aromatic rings. The molecule has 1 aromatic heterocycles. The monoisotopic (exact) mass is 402 g/mol. The summed E-state index contributed by atoms with van der Waals surface area (Å²) in [7, 11) is 0. The molecule has 0 saturated heterocycles. The van der Waals surface area contributed by atoms with Crippen LogP contribution in [-0.4, -0.2) is 16.0 Å². The van der Waals surface area contributed by atoms with E-state index in [0.717, 1.165) is 5.56 Å². The molecule has 0 fully saturated rings. The second-order valence-electron chi connectivity index (χ2n) is 6.26. The van der Waals surface area contributed by atoms with Crippen molar-refractivity contribution >= 4 is 24.0 Å². The Labute approximate surface area is 169 Å². The van der Waals surface area contributed by atoms with Gasteiger partial charge < -0.3 is 20.3 Å². The molecule has 3 N–H and O–H groups in total. The second-order valence-corrected chi connectivity index (χ2v) is 6.26. The highest BCUT2D eigenvalue weighted by Gasteiger charge is 2.22. The van der Waals surface area contributed by atoms with Crippen LogP contribution in [0.5, 0.6) is 5.75 Å². The van der Waals surface area contributed by atoms with Crippen LogP contribution in [0.3, 0.4) is 0 Å². The number of hydrogen-bond donors (Lipinski definition) is 2. The number of hydrogen-bond acceptors (Lipinski definition) is 6. The highest BCUT2D eigenvalue weighted by molar-refractivity contribution is 5.92. The Morgan fingerprint density at radius 1 is 1.18 bits per heavy atom. The maximum absolute atomic E-state index is 12.5. The fourth-order valence-corrected chi connectivity index (χ4v) is 2.57. The summed E-state index contributed by atoms with van der Waals surface area (Å²) in [5, 5.41) is 6.65. The van der Waals surface area contributed by atoms with E-state index < -0.39 is 0 Å². The summed E-state index contributed by atoms with van der Waals surface area (Å²) in [5.41, 5.74) is 7.82. The van der Waals surface area contributed by atoms with Crippen molar-refractivity contribution in [3.05, 3.63) is 71.9 Å². The highest BCUT2D eigenvalue weighted by atomic mass is 35.5. The first-order valence-corrected chi connectivity index (χ1v) is 8.66. The number of aromatic nitrogens is 2. The van der Waals surface area contributed by atoms with Crippen molar-refractivity contribution in [2.24, 2.45) is 11.7 Å². The summed E-state index contributed by atoms with van der Waals surface area (Å²) in [6.45, 7) is 3.75. The molecular weight excluding hydrogens is 380 g/mol. The van der Waals surface area contributed by atoms with Gasteiger partial charge in [-0.15, -0.1) is 12.4 Å².